The average Bonchev–Trinajstić information content (AvgIpc) is 2.92. The van der Waals surface area contributed by atoms with Gasteiger partial charge in [-0.2, -0.15) is 0 Å². The van der Waals surface area contributed by atoms with Gasteiger partial charge >= 0.3 is 6.09 Å². The zero-order valence-corrected chi connectivity index (χ0v) is 18.8. The molecule has 7 nitrogen and oxygen atoms in total. The quantitative estimate of drug-likeness (QED) is 0.696. The van der Waals surface area contributed by atoms with Gasteiger partial charge in [0.15, 0.2) is 0 Å². The topological polar surface area (TPSA) is 79.0 Å². The van der Waals surface area contributed by atoms with E-state index in [0.717, 1.165) is 5.57 Å². The van der Waals surface area contributed by atoms with Gasteiger partial charge in [0, 0.05) is 19.6 Å². The Labute approximate surface area is 182 Å². The Hall–Kier alpha value is -2.81. The number of amides is 1. The number of likely N-dealkylation sites (tertiary alicyclic amines) is 1. The lowest BCUT2D eigenvalue weighted by molar-refractivity contribution is 0.0712. The van der Waals surface area contributed by atoms with Crippen LogP contribution in [0.5, 0.6) is 0 Å². The number of hydrogen-bond donors (Lipinski definition) is 1. The lowest BCUT2D eigenvalue weighted by atomic mass is 9.81. The molecule has 31 heavy (non-hydrogen) atoms. The van der Waals surface area contributed by atoms with Gasteiger partial charge in [0.1, 0.15) is 12.4 Å². The first kappa shape index (κ1) is 22.9. The van der Waals surface area contributed by atoms with Crippen molar-refractivity contribution in [1.82, 2.24) is 10.2 Å². The molecule has 1 saturated heterocycles. The fourth-order valence-corrected chi connectivity index (χ4v) is 6.29. The maximum Gasteiger partial charge on any atom is 0.410 e. The lowest BCUT2D eigenvalue weighted by Crippen LogP contribution is -2.60. The molecule has 2 atom stereocenters. The second kappa shape index (κ2) is 8.74. The molecular weight excluding hydrogens is 421 g/mol. The molecule has 0 aliphatic carbocycles. The van der Waals surface area contributed by atoms with Crippen molar-refractivity contribution in [2.45, 2.75) is 38.3 Å². The minimum absolute atomic E-state index is 0.157. The Morgan fingerprint density at radius 1 is 1.45 bits per heavy atom. The zero-order chi connectivity index (χ0) is 22.8. The summed E-state index contributed by atoms with van der Waals surface area (Å²) in [5.74, 6) is -0.516. The van der Waals surface area contributed by atoms with Crippen molar-refractivity contribution in [2.75, 3.05) is 24.5 Å². The highest BCUT2D eigenvalue weighted by Crippen LogP contribution is 2.46. The lowest BCUT2D eigenvalue weighted by Gasteiger charge is -2.48. The summed E-state index contributed by atoms with van der Waals surface area (Å²) in [5, 5.41) is 4.20. The van der Waals surface area contributed by atoms with Gasteiger partial charge in [0.2, 0.25) is 0 Å². The normalized spacial score (nSPS) is 25.4. The van der Waals surface area contributed by atoms with Crippen LogP contribution in [0.3, 0.4) is 0 Å². The third kappa shape index (κ3) is 4.32. The second-order valence-corrected chi connectivity index (χ2v) is 9.53. The van der Waals surface area contributed by atoms with Crippen molar-refractivity contribution in [2.24, 2.45) is 0 Å². The van der Waals surface area contributed by atoms with Crippen LogP contribution < -0.4 is 9.62 Å². The third-order valence-electron chi connectivity index (χ3n) is 5.72. The van der Waals surface area contributed by atoms with Crippen LogP contribution >= 0.6 is 0 Å². The zero-order valence-electron chi connectivity index (χ0n) is 18.0. The number of piperidine rings is 1. The van der Waals surface area contributed by atoms with Gasteiger partial charge in [-0.05, 0) is 50.5 Å². The van der Waals surface area contributed by atoms with Crippen LogP contribution in [0.25, 0.3) is 0 Å². The van der Waals surface area contributed by atoms with E-state index in [1.54, 1.807) is 30.2 Å². The van der Waals surface area contributed by atoms with Gasteiger partial charge in [0.25, 0.3) is 10.0 Å². The summed E-state index contributed by atoms with van der Waals surface area (Å²) < 4.78 is 46.7. The Morgan fingerprint density at radius 3 is 2.81 bits per heavy atom. The molecule has 0 radical (unpaired) electrons. The van der Waals surface area contributed by atoms with Gasteiger partial charge in [-0.3, -0.25) is 4.31 Å². The minimum Gasteiger partial charge on any atom is -0.445 e. The number of nitrogens with one attached hydrogen (secondary N) is 1. The van der Waals surface area contributed by atoms with Crippen LogP contribution in [0.4, 0.5) is 14.9 Å². The average molecular weight is 450 g/mol. The van der Waals surface area contributed by atoms with Crippen LogP contribution in [0.1, 0.15) is 26.7 Å². The number of benzene rings is 1. The van der Waals surface area contributed by atoms with Gasteiger partial charge in [-0.1, -0.05) is 24.8 Å². The molecule has 1 amide bonds. The van der Waals surface area contributed by atoms with E-state index in [-0.39, 0.29) is 18.3 Å². The van der Waals surface area contributed by atoms with Crippen LogP contribution in [-0.4, -0.2) is 51.2 Å². The maximum atomic E-state index is 13.9. The Morgan fingerprint density at radius 2 is 2.19 bits per heavy atom. The molecule has 1 spiro atoms. The summed E-state index contributed by atoms with van der Waals surface area (Å²) in [5.41, 5.74) is 0.719. The summed E-state index contributed by atoms with van der Waals surface area (Å²) in [6, 6.07) is 5.25. The largest absolute Gasteiger partial charge is 0.445 e. The molecular formula is C22H28FN3O4S. The van der Waals surface area contributed by atoms with E-state index in [4.69, 9.17) is 4.74 Å². The number of halogens is 1. The molecule has 9 heteroatoms. The standard InChI is InChI=1S/C22H28FN3O4S/c1-5-7-16(2)14-30-21(27)25-11-10-22(13-17(25)3)20(24-4)15-31(28,29)26(22)19-9-6-8-18(23)12-19/h5-9,12,15,17,24H,1,10-11,13-14H2,2-4H3/b16-7+/t17-,22+/m0/s1. The van der Waals surface area contributed by atoms with E-state index < -0.39 is 27.5 Å². The number of carbonyl (C=O) groups is 1. The van der Waals surface area contributed by atoms with E-state index in [1.807, 2.05) is 13.8 Å². The van der Waals surface area contributed by atoms with E-state index in [9.17, 15) is 17.6 Å². The number of hydrogen-bond acceptors (Lipinski definition) is 5. The van der Waals surface area contributed by atoms with Crippen molar-refractivity contribution in [1.29, 1.82) is 0 Å². The predicted molar refractivity (Wildman–Crippen MR) is 118 cm³/mol. The van der Waals surface area contributed by atoms with E-state index in [1.165, 1.54) is 27.9 Å². The highest BCUT2D eigenvalue weighted by atomic mass is 32.2. The Kier molecular flexibility index (Phi) is 6.45. The fourth-order valence-electron chi connectivity index (χ4n) is 4.39. The number of anilines is 1. The van der Waals surface area contributed by atoms with E-state index in [0.29, 0.717) is 25.1 Å². The van der Waals surface area contributed by atoms with E-state index in [2.05, 4.69) is 11.9 Å². The monoisotopic (exact) mass is 449 g/mol. The summed E-state index contributed by atoms with van der Waals surface area (Å²) in [4.78, 5) is 14.2. The SMILES string of the molecule is C=C/C=C(\C)COC(=O)N1CC[C@@]2(C[C@@H]1C)C(NC)=CS(=O)(=O)N2c1cccc(F)c1. The molecule has 2 heterocycles. The summed E-state index contributed by atoms with van der Waals surface area (Å²) in [6.07, 6.45) is 3.63. The molecule has 1 aromatic rings. The van der Waals surface area contributed by atoms with Crippen molar-refractivity contribution < 1.29 is 22.3 Å². The molecule has 0 saturated carbocycles. The van der Waals surface area contributed by atoms with Crippen LogP contribution in [0.2, 0.25) is 0 Å². The van der Waals surface area contributed by atoms with Gasteiger partial charge in [-0.25, -0.2) is 17.6 Å². The number of likely N-dealkylation sites (N-methyl/N-ethyl adjacent to an activating group) is 1. The molecule has 168 valence electrons. The molecule has 2 aliphatic rings. The van der Waals surface area contributed by atoms with Crippen LogP contribution in [-0.2, 0) is 14.8 Å². The number of carbonyl (C=O) groups excluding carboxylic acids is 1. The number of nitrogens with zero attached hydrogens (tertiary/aromatic N) is 2. The first-order valence-electron chi connectivity index (χ1n) is 10.1. The summed E-state index contributed by atoms with van der Waals surface area (Å²) in [6.45, 7) is 7.77. The van der Waals surface area contributed by atoms with Gasteiger partial charge in [0.05, 0.1) is 22.3 Å². The van der Waals surface area contributed by atoms with Crippen molar-refractivity contribution in [3.8, 4) is 0 Å². The van der Waals surface area contributed by atoms with E-state index >= 15 is 0 Å². The van der Waals surface area contributed by atoms with Gasteiger partial charge in [-0.15, -0.1) is 0 Å². The molecule has 0 aromatic heterocycles. The number of ether oxygens (including phenoxy) is 1. The van der Waals surface area contributed by atoms with Crippen LogP contribution in [0.15, 0.2) is 59.7 Å². The molecule has 1 N–H and O–H groups in total. The third-order valence-corrected chi connectivity index (χ3v) is 7.32. The first-order valence-corrected chi connectivity index (χ1v) is 11.6. The number of sulfonamides is 1. The molecule has 0 bridgehead atoms. The summed E-state index contributed by atoms with van der Waals surface area (Å²) >= 11 is 0. The molecule has 1 fully saturated rings. The maximum absolute atomic E-state index is 13.9. The highest BCUT2D eigenvalue weighted by Gasteiger charge is 2.55. The Balaban J connectivity index is 1.88. The van der Waals surface area contributed by atoms with Gasteiger partial charge < -0.3 is 15.0 Å². The molecule has 0 unspecified atom stereocenters. The molecule has 3 rings (SSSR count). The minimum atomic E-state index is -3.82. The Bertz CT molecular complexity index is 1040. The summed E-state index contributed by atoms with van der Waals surface area (Å²) in [7, 11) is -2.16. The van der Waals surface area contributed by atoms with Crippen LogP contribution in [0, 0.1) is 5.82 Å². The molecule has 1 aromatic carbocycles. The van der Waals surface area contributed by atoms with Crippen molar-refractivity contribution >= 4 is 21.8 Å². The number of allylic oxidation sites excluding steroid dienone is 2. The second-order valence-electron chi connectivity index (χ2n) is 7.90. The molecule has 2 aliphatic heterocycles. The fraction of sp³-hybridized carbons (Fsp3) is 0.409. The predicted octanol–water partition coefficient (Wildman–Crippen LogP) is 3.53. The van der Waals surface area contributed by atoms with Crippen molar-refractivity contribution in [3.05, 3.63) is 65.5 Å². The number of rotatable bonds is 5. The highest BCUT2D eigenvalue weighted by molar-refractivity contribution is 7.96. The smallest absolute Gasteiger partial charge is 0.410 e. The first-order chi connectivity index (χ1) is 14.6. The van der Waals surface area contributed by atoms with Crippen molar-refractivity contribution in [3.63, 3.8) is 0 Å².